The minimum Gasteiger partial charge on any atom is -0.379 e. The fraction of sp³-hybridized carbons (Fsp3) is 0.381. The van der Waals surface area contributed by atoms with E-state index in [4.69, 9.17) is 16.3 Å². The molecule has 1 aliphatic rings. The van der Waals surface area contributed by atoms with Crippen molar-refractivity contribution in [3.63, 3.8) is 0 Å². The zero-order chi connectivity index (χ0) is 18.9. The zero-order valence-corrected chi connectivity index (χ0v) is 16.5. The van der Waals surface area contributed by atoms with E-state index in [2.05, 4.69) is 44.8 Å². The van der Waals surface area contributed by atoms with Crippen molar-refractivity contribution in [1.82, 2.24) is 15.5 Å². The van der Waals surface area contributed by atoms with E-state index in [0.717, 1.165) is 55.9 Å². The van der Waals surface area contributed by atoms with E-state index < -0.39 is 0 Å². The van der Waals surface area contributed by atoms with Gasteiger partial charge in [-0.05, 0) is 28.8 Å². The van der Waals surface area contributed by atoms with Crippen molar-refractivity contribution in [2.75, 3.05) is 33.4 Å². The van der Waals surface area contributed by atoms with Gasteiger partial charge in [-0.15, -0.1) is 0 Å². The minimum absolute atomic E-state index is 0.679. The Hall–Kier alpha value is -2.08. The number of hydrogen-bond donors (Lipinski definition) is 2. The Labute approximate surface area is 166 Å². The molecule has 0 amide bonds. The molecule has 0 spiro atoms. The van der Waals surface area contributed by atoms with Crippen LogP contribution in [0.3, 0.4) is 0 Å². The van der Waals surface area contributed by atoms with Crippen LogP contribution in [0.5, 0.6) is 0 Å². The van der Waals surface area contributed by atoms with Crippen molar-refractivity contribution >= 4 is 17.6 Å². The average molecular weight is 387 g/mol. The minimum atomic E-state index is 0.679. The maximum atomic E-state index is 6.03. The molecule has 6 heteroatoms. The standard InChI is InChI=1S/C21H27ClN4O/c1-23-21(25-15-19-3-2-4-20(22)13-19)24-14-17-5-7-18(8-6-17)16-26-9-11-27-12-10-26/h2-8,13H,9-12,14-16H2,1H3,(H2,23,24,25). The van der Waals surface area contributed by atoms with Gasteiger partial charge in [-0.1, -0.05) is 48.0 Å². The zero-order valence-electron chi connectivity index (χ0n) is 15.7. The summed E-state index contributed by atoms with van der Waals surface area (Å²) < 4.78 is 5.40. The summed E-state index contributed by atoms with van der Waals surface area (Å²) in [6.45, 7) is 6.09. The summed E-state index contributed by atoms with van der Waals surface area (Å²) in [6.07, 6.45) is 0. The van der Waals surface area contributed by atoms with Crippen LogP contribution in [0.2, 0.25) is 5.02 Å². The predicted molar refractivity (Wildman–Crippen MR) is 111 cm³/mol. The van der Waals surface area contributed by atoms with E-state index >= 15 is 0 Å². The smallest absolute Gasteiger partial charge is 0.191 e. The Balaban J connectivity index is 1.45. The Morgan fingerprint density at radius 2 is 1.67 bits per heavy atom. The lowest BCUT2D eigenvalue weighted by atomic mass is 10.1. The fourth-order valence-electron chi connectivity index (χ4n) is 3.02. The first-order chi connectivity index (χ1) is 13.2. The Morgan fingerprint density at radius 1 is 1.00 bits per heavy atom. The van der Waals surface area contributed by atoms with Crippen molar-refractivity contribution < 1.29 is 4.74 Å². The molecule has 1 heterocycles. The third-order valence-corrected chi connectivity index (χ3v) is 4.80. The maximum absolute atomic E-state index is 6.03. The van der Waals surface area contributed by atoms with E-state index in [1.165, 1.54) is 11.1 Å². The summed E-state index contributed by atoms with van der Waals surface area (Å²) >= 11 is 6.03. The molecule has 1 fully saturated rings. The molecule has 2 aromatic rings. The summed E-state index contributed by atoms with van der Waals surface area (Å²) in [5.74, 6) is 0.771. The van der Waals surface area contributed by atoms with Crippen molar-refractivity contribution in [3.8, 4) is 0 Å². The molecule has 0 bridgehead atoms. The molecule has 5 nitrogen and oxygen atoms in total. The molecule has 0 atom stereocenters. The summed E-state index contributed by atoms with van der Waals surface area (Å²) in [5.41, 5.74) is 3.69. The number of nitrogens with one attached hydrogen (secondary N) is 2. The number of morpholine rings is 1. The molecule has 0 aliphatic carbocycles. The highest BCUT2D eigenvalue weighted by atomic mass is 35.5. The molecule has 2 N–H and O–H groups in total. The van der Waals surface area contributed by atoms with Gasteiger partial charge in [-0.25, -0.2) is 0 Å². The molecule has 0 saturated carbocycles. The van der Waals surface area contributed by atoms with Gasteiger partial charge >= 0.3 is 0 Å². The largest absolute Gasteiger partial charge is 0.379 e. The second kappa shape index (κ2) is 10.3. The third-order valence-electron chi connectivity index (χ3n) is 4.57. The summed E-state index contributed by atoms with van der Waals surface area (Å²) in [4.78, 5) is 6.71. The number of rotatable bonds is 6. The van der Waals surface area contributed by atoms with Gasteiger partial charge in [0.15, 0.2) is 5.96 Å². The lowest BCUT2D eigenvalue weighted by Crippen LogP contribution is -2.36. The number of halogens is 1. The van der Waals surface area contributed by atoms with Crippen LogP contribution in [0.15, 0.2) is 53.5 Å². The van der Waals surface area contributed by atoms with Gasteiger partial charge in [0.25, 0.3) is 0 Å². The summed E-state index contributed by atoms with van der Waals surface area (Å²) in [7, 11) is 1.78. The second-order valence-electron chi connectivity index (χ2n) is 6.61. The van der Waals surface area contributed by atoms with Gasteiger partial charge in [0.05, 0.1) is 13.2 Å². The summed E-state index contributed by atoms with van der Waals surface area (Å²) in [6, 6.07) is 16.6. The number of aliphatic imine (C=N–C) groups is 1. The van der Waals surface area contributed by atoms with Crippen LogP contribution in [0.1, 0.15) is 16.7 Å². The van der Waals surface area contributed by atoms with Gasteiger partial charge in [-0.2, -0.15) is 0 Å². The highest BCUT2D eigenvalue weighted by molar-refractivity contribution is 6.30. The number of benzene rings is 2. The van der Waals surface area contributed by atoms with Gasteiger partial charge in [0.2, 0.25) is 0 Å². The Kier molecular flexibility index (Phi) is 7.51. The summed E-state index contributed by atoms with van der Waals surface area (Å²) in [5, 5.41) is 7.41. The van der Waals surface area contributed by atoms with Crippen LogP contribution in [0.25, 0.3) is 0 Å². The molecular weight excluding hydrogens is 360 g/mol. The average Bonchev–Trinajstić information content (AvgIpc) is 2.70. The van der Waals surface area contributed by atoms with E-state index in [1.54, 1.807) is 7.05 Å². The Morgan fingerprint density at radius 3 is 2.33 bits per heavy atom. The monoisotopic (exact) mass is 386 g/mol. The van der Waals surface area contributed by atoms with Gasteiger partial charge in [0, 0.05) is 44.8 Å². The van der Waals surface area contributed by atoms with Crippen molar-refractivity contribution in [1.29, 1.82) is 0 Å². The predicted octanol–water partition coefficient (Wildman–Crippen LogP) is 3.04. The van der Waals surface area contributed by atoms with Crippen LogP contribution in [-0.2, 0) is 24.4 Å². The second-order valence-corrected chi connectivity index (χ2v) is 7.05. The quantitative estimate of drug-likeness (QED) is 0.591. The Bertz CT molecular complexity index is 742. The normalized spacial score (nSPS) is 15.6. The van der Waals surface area contributed by atoms with Gasteiger partial charge in [0.1, 0.15) is 0 Å². The molecule has 0 radical (unpaired) electrons. The third kappa shape index (κ3) is 6.54. The highest BCUT2D eigenvalue weighted by Crippen LogP contribution is 2.11. The number of ether oxygens (including phenoxy) is 1. The van der Waals surface area contributed by atoms with Crippen molar-refractivity contribution in [3.05, 3.63) is 70.2 Å². The van der Waals surface area contributed by atoms with E-state index in [1.807, 2.05) is 24.3 Å². The molecular formula is C21H27ClN4O. The van der Waals surface area contributed by atoms with Gasteiger partial charge < -0.3 is 15.4 Å². The number of guanidine groups is 1. The molecule has 27 heavy (non-hydrogen) atoms. The fourth-order valence-corrected chi connectivity index (χ4v) is 3.23. The molecule has 2 aromatic carbocycles. The van der Waals surface area contributed by atoms with Crippen LogP contribution in [0, 0.1) is 0 Å². The molecule has 3 rings (SSSR count). The number of hydrogen-bond acceptors (Lipinski definition) is 3. The lowest BCUT2D eigenvalue weighted by Gasteiger charge is -2.26. The molecule has 1 aliphatic heterocycles. The first-order valence-corrected chi connectivity index (χ1v) is 9.67. The molecule has 1 saturated heterocycles. The maximum Gasteiger partial charge on any atom is 0.191 e. The van der Waals surface area contributed by atoms with Crippen molar-refractivity contribution in [2.45, 2.75) is 19.6 Å². The van der Waals surface area contributed by atoms with Crippen molar-refractivity contribution in [2.24, 2.45) is 4.99 Å². The van der Waals surface area contributed by atoms with Crippen LogP contribution < -0.4 is 10.6 Å². The molecule has 0 unspecified atom stereocenters. The molecule has 144 valence electrons. The van der Waals surface area contributed by atoms with Crippen LogP contribution in [-0.4, -0.2) is 44.2 Å². The van der Waals surface area contributed by atoms with Crippen LogP contribution in [0.4, 0.5) is 0 Å². The number of nitrogens with zero attached hydrogens (tertiary/aromatic N) is 2. The first-order valence-electron chi connectivity index (χ1n) is 9.30. The topological polar surface area (TPSA) is 48.9 Å². The highest BCUT2D eigenvalue weighted by Gasteiger charge is 2.10. The lowest BCUT2D eigenvalue weighted by molar-refractivity contribution is 0.0342. The van der Waals surface area contributed by atoms with E-state index in [0.29, 0.717) is 6.54 Å². The van der Waals surface area contributed by atoms with Crippen LogP contribution >= 0.6 is 11.6 Å². The van der Waals surface area contributed by atoms with E-state index in [9.17, 15) is 0 Å². The van der Waals surface area contributed by atoms with E-state index in [-0.39, 0.29) is 0 Å². The first kappa shape index (κ1) is 19.7. The van der Waals surface area contributed by atoms with Gasteiger partial charge in [-0.3, -0.25) is 9.89 Å². The SMILES string of the molecule is CN=C(NCc1ccc(CN2CCOCC2)cc1)NCc1cccc(Cl)c1. The molecule has 0 aromatic heterocycles.